The number of benzene rings is 2. The summed E-state index contributed by atoms with van der Waals surface area (Å²) in [6.07, 6.45) is 2.38. The Balaban J connectivity index is 1.69. The van der Waals surface area contributed by atoms with Crippen LogP contribution in [0.2, 0.25) is 5.02 Å². The number of anilines is 1. The van der Waals surface area contributed by atoms with Gasteiger partial charge >= 0.3 is 0 Å². The van der Waals surface area contributed by atoms with Crippen molar-refractivity contribution in [3.05, 3.63) is 58.1 Å². The van der Waals surface area contributed by atoms with Gasteiger partial charge in [-0.25, -0.2) is 8.42 Å². The van der Waals surface area contributed by atoms with Crippen molar-refractivity contribution in [2.45, 2.75) is 51.3 Å². The van der Waals surface area contributed by atoms with Crippen LogP contribution in [0.5, 0.6) is 0 Å². The lowest BCUT2D eigenvalue weighted by Crippen LogP contribution is -2.41. The van der Waals surface area contributed by atoms with E-state index in [1.54, 1.807) is 0 Å². The molecule has 0 aliphatic carbocycles. The summed E-state index contributed by atoms with van der Waals surface area (Å²) in [6, 6.07) is 9.77. The Hall–Kier alpha value is -2.22. The summed E-state index contributed by atoms with van der Waals surface area (Å²) in [4.78, 5) is 24.6. The van der Waals surface area contributed by atoms with Crippen LogP contribution in [0.3, 0.4) is 0 Å². The Morgan fingerprint density at radius 3 is 2.19 bits per heavy atom. The van der Waals surface area contributed by atoms with Crippen LogP contribution in [0.1, 0.15) is 55.1 Å². The van der Waals surface area contributed by atoms with E-state index in [1.165, 1.54) is 35.5 Å². The fraction of sp³-hybridized carbons (Fsp3) is 0.417. The molecule has 0 bridgehead atoms. The molecule has 1 aliphatic heterocycles. The van der Waals surface area contributed by atoms with Gasteiger partial charge in [-0.1, -0.05) is 43.6 Å². The van der Waals surface area contributed by atoms with Gasteiger partial charge < -0.3 is 5.32 Å². The number of amides is 1. The van der Waals surface area contributed by atoms with Crippen molar-refractivity contribution in [2.75, 3.05) is 18.4 Å². The summed E-state index contributed by atoms with van der Waals surface area (Å²) in [5, 5.41) is 3.71. The number of Topliss-reactive ketones (excluding diaryl/α,β-unsaturated/α-hetero) is 1. The van der Waals surface area contributed by atoms with Gasteiger partial charge in [0.25, 0.3) is 0 Å². The number of hydrogen-bond acceptors (Lipinski definition) is 4. The van der Waals surface area contributed by atoms with E-state index in [9.17, 15) is 18.0 Å². The molecule has 1 aliphatic rings. The fourth-order valence-electron chi connectivity index (χ4n) is 4.06. The van der Waals surface area contributed by atoms with E-state index in [0.29, 0.717) is 29.8 Å². The predicted octanol–water partition coefficient (Wildman–Crippen LogP) is 4.71. The lowest BCUT2D eigenvalue weighted by atomic mass is 9.96. The SMILES string of the molecule is CCc1ccc(Cl)c(CC)c1NC(=O)C1CCN(S(=O)(=O)c2ccc(C(C)=O)cc2)CC1. The minimum atomic E-state index is -3.67. The largest absolute Gasteiger partial charge is 0.325 e. The molecule has 1 N–H and O–H groups in total. The first kappa shape index (κ1) is 24.4. The van der Waals surface area contributed by atoms with Crippen molar-refractivity contribution in [3.8, 4) is 0 Å². The topological polar surface area (TPSA) is 83.6 Å². The van der Waals surface area contributed by atoms with Crippen LogP contribution in [0.15, 0.2) is 41.3 Å². The fourth-order valence-corrected chi connectivity index (χ4v) is 5.82. The van der Waals surface area contributed by atoms with Gasteiger partial charge in [-0.05, 0) is 61.9 Å². The Morgan fingerprint density at radius 2 is 1.66 bits per heavy atom. The van der Waals surface area contributed by atoms with Gasteiger partial charge in [0.2, 0.25) is 15.9 Å². The third-order valence-corrected chi connectivity index (χ3v) is 8.31. The molecule has 0 aromatic heterocycles. The molecule has 1 fully saturated rings. The number of rotatable bonds is 7. The smallest absolute Gasteiger partial charge is 0.243 e. The zero-order valence-electron chi connectivity index (χ0n) is 18.7. The maximum Gasteiger partial charge on any atom is 0.243 e. The maximum atomic E-state index is 13.0. The molecule has 2 aromatic carbocycles. The molecule has 2 aromatic rings. The Bertz CT molecular complexity index is 1110. The zero-order chi connectivity index (χ0) is 23.5. The highest BCUT2D eigenvalue weighted by atomic mass is 35.5. The van der Waals surface area contributed by atoms with Crippen LogP contribution in [0, 0.1) is 5.92 Å². The normalized spacial score (nSPS) is 15.5. The second-order valence-corrected chi connectivity index (χ2v) is 10.4. The minimum Gasteiger partial charge on any atom is -0.325 e. The van der Waals surface area contributed by atoms with Crippen LogP contribution in [0.4, 0.5) is 5.69 Å². The number of ketones is 1. The molecule has 0 atom stereocenters. The van der Waals surface area contributed by atoms with Gasteiger partial charge in [-0.3, -0.25) is 9.59 Å². The molecular formula is C24H29ClN2O4S. The van der Waals surface area contributed by atoms with Crippen molar-refractivity contribution in [1.29, 1.82) is 0 Å². The van der Waals surface area contributed by atoms with Crippen LogP contribution >= 0.6 is 11.6 Å². The first-order chi connectivity index (χ1) is 15.2. The minimum absolute atomic E-state index is 0.0977. The number of halogens is 1. The first-order valence-corrected chi connectivity index (χ1v) is 12.7. The first-order valence-electron chi connectivity index (χ1n) is 10.9. The number of aryl methyl sites for hydroxylation is 1. The Kier molecular flexibility index (Phi) is 7.75. The second-order valence-electron chi connectivity index (χ2n) is 8.02. The number of nitrogens with zero attached hydrogens (tertiary/aromatic N) is 1. The molecule has 1 saturated heterocycles. The van der Waals surface area contributed by atoms with Gasteiger partial charge in [0.15, 0.2) is 5.78 Å². The van der Waals surface area contributed by atoms with E-state index >= 15 is 0 Å². The van der Waals surface area contributed by atoms with Gasteiger partial charge in [-0.15, -0.1) is 0 Å². The van der Waals surface area contributed by atoms with E-state index in [-0.39, 0.29) is 35.6 Å². The molecule has 8 heteroatoms. The molecule has 172 valence electrons. The van der Waals surface area contributed by atoms with Gasteiger partial charge in [0, 0.05) is 35.3 Å². The molecule has 1 amide bonds. The lowest BCUT2D eigenvalue weighted by Gasteiger charge is -2.31. The summed E-state index contributed by atoms with van der Waals surface area (Å²) < 4.78 is 27.3. The van der Waals surface area contributed by atoms with Gasteiger partial charge in [-0.2, -0.15) is 4.31 Å². The molecule has 0 radical (unpaired) electrons. The molecule has 0 unspecified atom stereocenters. The number of carbonyl (C=O) groups is 2. The average molecular weight is 477 g/mol. The highest BCUT2D eigenvalue weighted by Gasteiger charge is 2.32. The Morgan fingerprint density at radius 1 is 1.03 bits per heavy atom. The number of piperidine rings is 1. The molecule has 6 nitrogen and oxygen atoms in total. The number of sulfonamides is 1. The van der Waals surface area contributed by atoms with Crippen molar-refractivity contribution in [1.82, 2.24) is 4.31 Å². The van der Waals surface area contributed by atoms with Crippen LogP contribution in [-0.4, -0.2) is 37.5 Å². The zero-order valence-corrected chi connectivity index (χ0v) is 20.2. The summed E-state index contributed by atoms with van der Waals surface area (Å²) in [6.45, 7) is 6.01. The highest BCUT2D eigenvalue weighted by Crippen LogP contribution is 2.31. The summed E-state index contributed by atoms with van der Waals surface area (Å²) in [5.41, 5.74) is 3.22. The molecule has 3 rings (SSSR count). The Labute approximate surface area is 195 Å². The van der Waals surface area contributed by atoms with Crippen molar-refractivity contribution in [3.63, 3.8) is 0 Å². The van der Waals surface area contributed by atoms with E-state index < -0.39 is 10.0 Å². The lowest BCUT2D eigenvalue weighted by molar-refractivity contribution is -0.120. The molecule has 32 heavy (non-hydrogen) atoms. The molecular weight excluding hydrogens is 448 g/mol. The predicted molar refractivity (Wildman–Crippen MR) is 127 cm³/mol. The summed E-state index contributed by atoms with van der Waals surface area (Å²) in [7, 11) is -3.67. The molecule has 0 saturated carbocycles. The molecule has 0 spiro atoms. The van der Waals surface area contributed by atoms with E-state index in [0.717, 1.165) is 23.2 Å². The van der Waals surface area contributed by atoms with E-state index in [4.69, 9.17) is 11.6 Å². The standard InChI is InChI=1S/C24H29ClN2O4S/c1-4-17-8-11-22(25)21(5-2)23(17)26-24(29)19-12-14-27(15-13-19)32(30,31)20-9-6-18(7-10-20)16(3)28/h6-11,19H,4-5,12-15H2,1-3H3,(H,26,29). The van der Waals surface area contributed by atoms with Gasteiger partial charge in [0.1, 0.15) is 0 Å². The van der Waals surface area contributed by atoms with Crippen LogP contribution < -0.4 is 5.32 Å². The quantitative estimate of drug-likeness (QED) is 0.587. The third kappa shape index (κ3) is 5.05. The van der Waals surface area contributed by atoms with Crippen molar-refractivity contribution >= 4 is 39.0 Å². The second kappa shape index (κ2) is 10.1. The third-order valence-electron chi connectivity index (χ3n) is 6.05. The summed E-state index contributed by atoms with van der Waals surface area (Å²) in [5.74, 6) is -0.479. The number of hydrogen-bond donors (Lipinski definition) is 1. The van der Waals surface area contributed by atoms with E-state index in [2.05, 4.69) is 5.32 Å². The van der Waals surface area contributed by atoms with Crippen molar-refractivity contribution < 1.29 is 18.0 Å². The average Bonchev–Trinajstić information content (AvgIpc) is 2.79. The summed E-state index contributed by atoms with van der Waals surface area (Å²) >= 11 is 6.34. The van der Waals surface area contributed by atoms with Gasteiger partial charge in [0.05, 0.1) is 4.90 Å². The van der Waals surface area contributed by atoms with E-state index in [1.807, 2.05) is 26.0 Å². The molecule has 1 heterocycles. The monoisotopic (exact) mass is 476 g/mol. The number of nitrogens with one attached hydrogen (secondary N) is 1. The van der Waals surface area contributed by atoms with Crippen LogP contribution in [-0.2, 0) is 27.7 Å². The number of carbonyl (C=O) groups excluding carboxylic acids is 2. The van der Waals surface area contributed by atoms with Crippen molar-refractivity contribution in [2.24, 2.45) is 5.92 Å². The highest BCUT2D eigenvalue weighted by molar-refractivity contribution is 7.89. The van der Waals surface area contributed by atoms with Crippen LogP contribution in [0.25, 0.3) is 0 Å². The maximum absolute atomic E-state index is 13.0.